The minimum atomic E-state index is -0.635. The Balaban J connectivity index is 3.39. The van der Waals surface area contributed by atoms with Crippen LogP contribution in [0, 0.1) is 5.41 Å². The van der Waals surface area contributed by atoms with Crippen molar-refractivity contribution < 1.29 is 4.55 Å². The van der Waals surface area contributed by atoms with E-state index in [1.165, 1.54) is 0 Å². The van der Waals surface area contributed by atoms with E-state index in [9.17, 15) is 4.55 Å². The number of hydrogen-bond donors (Lipinski definition) is 0. The summed E-state index contributed by atoms with van der Waals surface area (Å²) in [5.74, 6) is 0.799. The Kier molecular flexibility index (Phi) is 2.84. The molecule has 50 valence electrons. The Morgan fingerprint density at radius 1 is 1.38 bits per heavy atom. The van der Waals surface area contributed by atoms with Crippen LogP contribution < -0.4 is 0 Å². The van der Waals surface area contributed by atoms with Crippen LogP contribution in [-0.4, -0.2) is 16.6 Å². The van der Waals surface area contributed by atoms with Crippen molar-refractivity contribution in [1.29, 1.82) is 0 Å². The van der Waals surface area contributed by atoms with Gasteiger partial charge in [0.25, 0.3) is 0 Å². The van der Waals surface area contributed by atoms with E-state index in [0.29, 0.717) is 0 Å². The third kappa shape index (κ3) is 6.31. The van der Waals surface area contributed by atoms with Crippen molar-refractivity contribution >= 4 is 11.2 Å². The van der Waals surface area contributed by atoms with Gasteiger partial charge in [-0.3, -0.25) is 0 Å². The molecule has 0 aliphatic heterocycles. The monoisotopic (exact) mass is 134 g/mol. The zero-order valence-corrected chi connectivity index (χ0v) is 6.84. The predicted octanol–water partition coefficient (Wildman–Crippen LogP) is 1.41. The van der Waals surface area contributed by atoms with Crippen LogP contribution in [0.2, 0.25) is 0 Å². The van der Waals surface area contributed by atoms with Gasteiger partial charge in [-0.05, 0) is 0 Å². The van der Waals surface area contributed by atoms with Crippen LogP contribution in [0.5, 0.6) is 0 Å². The van der Waals surface area contributed by atoms with Gasteiger partial charge in [-0.1, -0.05) is 31.9 Å². The van der Waals surface area contributed by atoms with Gasteiger partial charge < -0.3 is 4.55 Å². The molecule has 0 N–H and O–H groups in total. The van der Waals surface area contributed by atoms with E-state index in [2.05, 4.69) is 20.8 Å². The van der Waals surface area contributed by atoms with Crippen LogP contribution in [0.1, 0.15) is 20.8 Å². The molecule has 0 unspecified atom stereocenters. The molecule has 0 saturated heterocycles. The molecule has 0 saturated carbocycles. The van der Waals surface area contributed by atoms with Crippen molar-refractivity contribution in [3.8, 4) is 0 Å². The molecule has 1 nitrogen and oxygen atoms in total. The summed E-state index contributed by atoms with van der Waals surface area (Å²) >= 11 is -0.635. The van der Waals surface area contributed by atoms with Gasteiger partial charge in [0.2, 0.25) is 0 Å². The van der Waals surface area contributed by atoms with E-state index < -0.39 is 11.2 Å². The maximum atomic E-state index is 10.6. The van der Waals surface area contributed by atoms with Gasteiger partial charge in [-0.25, -0.2) is 0 Å². The second-order valence-corrected chi connectivity index (χ2v) is 4.71. The lowest BCUT2D eigenvalue weighted by Gasteiger charge is -2.17. The van der Waals surface area contributed by atoms with E-state index in [4.69, 9.17) is 0 Å². The lowest BCUT2D eigenvalue weighted by Crippen LogP contribution is -2.19. The summed E-state index contributed by atoms with van der Waals surface area (Å²) in [6.07, 6.45) is 1.74. The van der Waals surface area contributed by atoms with E-state index in [1.807, 2.05) is 0 Å². The quantitative estimate of drug-likeness (QED) is 0.497. The summed E-state index contributed by atoms with van der Waals surface area (Å²) < 4.78 is 10.6. The summed E-state index contributed by atoms with van der Waals surface area (Å²) in [7, 11) is 0. The van der Waals surface area contributed by atoms with Crippen LogP contribution in [0.15, 0.2) is 0 Å². The predicted molar refractivity (Wildman–Crippen MR) is 38.4 cm³/mol. The maximum Gasteiger partial charge on any atom is 0.110 e. The standard InChI is InChI=1S/C6H14OS/c1-6(2,3)5-8(4)7/h5H2,1-4H3/t8-/m1/s1. The minimum absolute atomic E-state index is 0.222. The lowest BCUT2D eigenvalue weighted by molar-refractivity contribution is 0.463. The number of hydrogen-bond acceptors (Lipinski definition) is 1. The molecule has 0 rings (SSSR count). The first-order chi connectivity index (χ1) is 3.42. The summed E-state index contributed by atoms with van der Waals surface area (Å²) in [6, 6.07) is 0. The SMILES string of the molecule is C[S@@+]([O-])CC(C)(C)C. The van der Waals surface area contributed by atoms with Crippen molar-refractivity contribution in [3.63, 3.8) is 0 Å². The molecule has 0 aliphatic rings. The lowest BCUT2D eigenvalue weighted by atomic mass is 10.0. The average Bonchev–Trinajstić information content (AvgIpc) is 1.21. The first kappa shape index (κ1) is 8.31. The third-order valence-corrected chi connectivity index (χ3v) is 1.91. The normalized spacial score (nSPS) is 16.1. The van der Waals surface area contributed by atoms with Gasteiger partial charge in [0.05, 0.1) is 6.26 Å². The highest BCUT2D eigenvalue weighted by molar-refractivity contribution is 7.90. The second-order valence-electron chi connectivity index (χ2n) is 3.28. The van der Waals surface area contributed by atoms with Crippen molar-refractivity contribution in [2.75, 3.05) is 12.0 Å². The third-order valence-electron chi connectivity index (χ3n) is 0.636. The van der Waals surface area contributed by atoms with Crippen molar-refractivity contribution in [2.45, 2.75) is 20.8 Å². The fraction of sp³-hybridized carbons (Fsp3) is 1.00. The molecular weight excluding hydrogens is 120 g/mol. The smallest absolute Gasteiger partial charge is 0.110 e. The highest BCUT2D eigenvalue weighted by Gasteiger charge is 2.15. The minimum Gasteiger partial charge on any atom is -0.617 e. The summed E-state index contributed by atoms with van der Waals surface area (Å²) in [5.41, 5.74) is 0.222. The fourth-order valence-electron chi connectivity index (χ4n) is 0.610. The van der Waals surface area contributed by atoms with E-state index in [1.54, 1.807) is 6.26 Å². The first-order valence-electron chi connectivity index (χ1n) is 2.72. The molecule has 0 aromatic carbocycles. The summed E-state index contributed by atoms with van der Waals surface area (Å²) in [5, 5.41) is 0. The van der Waals surface area contributed by atoms with Gasteiger partial charge in [0.15, 0.2) is 0 Å². The van der Waals surface area contributed by atoms with Gasteiger partial charge in [0.1, 0.15) is 5.75 Å². The Hall–Kier alpha value is 0.310. The summed E-state index contributed by atoms with van der Waals surface area (Å²) in [4.78, 5) is 0. The summed E-state index contributed by atoms with van der Waals surface area (Å²) in [6.45, 7) is 6.28. The van der Waals surface area contributed by atoms with E-state index >= 15 is 0 Å². The van der Waals surface area contributed by atoms with Crippen LogP contribution in [0.4, 0.5) is 0 Å². The van der Waals surface area contributed by atoms with Gasteiger partial charge in [-0.15, -0.1) is 0 Å². The molecule has 0 radical (unpaired) electrons. The van der Waals surface area contributed by atoms with Gasteiger partial charge in [0, 0.05) is 5.41 Å². The fourth-order valence-corrected chi connectivity index (χ4v) is 1.83. The highest BCUT2D eigenvalue weighted by Crippen LogP contribution is 2.14. The Morgan fingerprint density at radius 3 is 1.75 bits per heavy atom. The molecule has 0 fully saturated rings. The highest BCUT2D eigenvalue weighted by atomic mass is 32.2. The topological polar surface area (TPSA) is 23.1 Å². The van der Waals surface area contributed by atoms with Gasteiger partial charge in [-0.2, -0.15) is 0 Å². The second kappa shape index (κ2) is 2.74. The first-order valence-corrected chi connectivity index (χ1v) is 4.44. The van der Waals surface area contributed by atoms with Crippen molar-refractivity contribution in [3.05, 3.63) is 0 Å². The van der Waals surface area contributed by atoms with Crippen LogP contribution >= 0.6 is 0 Å². The molecule has 8 heavy (non-hydrogen) atoms. The molecule has 0 amide bonds. The zero-order valence-electron chi connectivity index (χ0n) is 6.02. The molecule has 0 aromatic heterocycles. The van der Waals surface area contributed by atoms with Crippen molar-refractivity contribution in [1.82, 2.24) is 0 Å². The van der Waals surface area contributed by atoms with E-state index in [-0.39, 0.29) is 5.41 Å². The molecule has 0 aliphatic carbocycles. The molecule has 0 bridgehead atoms. The molecule has 0 aromatic rings. The largest absolute Gasteiger partial charge is 0.617 e. The van der Waals surface area contributed by atoms with Crippen molar-refractivity contribution in [2.24, 2.45) is 5.41 Å². The van der Waals surface area contributed by atoms with Crippen LogP contribution in [-0.2, 0) is 11.2 Å². The Bertz CT molecular complexity index is 63.4. The van der Waals surface area contributed by atoms with E-state index in [0.717, 1.165) is 5.75 Å². The molecule has 1 atom stereocenters. The number of rotatable bonds is 1. The van der Waals surface area contributed by atoms with Gasteiger partial charge >= 0.3 is 0 Å². The Labute approximate surface area is 54.7 Å². The molecule has 0 heterocycles. The molecule has 0 spiro atoms. The molecule has 2 heteroatoms. The zero-order chi connectivity index (χ0) is 6.78. The maximum absolute atomic E-state index is 10.6. The average molecular weight is 134 g/mol. The Morgan fingerprint density at radius 2 is 1.75 bits per heavy atom. The van der Waals surface area contributed by atoms with Crippen LogP contribution in [0.3, 0.4) is 0 Å². The van der Waals surface area contributed by atoms with Crippen LogP contribution in [0.25, 0.3) is 0 Å². The molecular formula is C6H14OS.